The summed E-state index contributed by atoms with van der Waals surface area (Å²) in [4.78, 5) is 4.59. The number of hydrogen-bond donors (Lipinski definition) is 1. The van der Waals surface area contributed by atoms with Gasteiger partial charge in [-0.15, -0.1) is 0 Å². The van der Waals surface area contributed by atoms with Gasteiger partial charge < -0.3 is 9.73 Å². The molecule has 3 rings (SSSR count). The molecule has 1 aliphatic rings. The van der Waals surface area contributed by atoms with Crippen molar-refractivity contribution in [2.45, 2.75) is 18.8 Å². The van der Waals surface area contributed by atoms with Crippen LogP contribution in [0.25, 0.3) is 11.1 Å². The fourth-order valence-electron chi connectivity index (χ4n) is 2.18. The first kappa shape index (κ1) is 10.3. The first-order chi connectivity index (χ1) is 7.84. The van der Waals surface area contributed by atoms with Gasteiger partial charge in [-0.1, -0.05) is 6.07 Å². The molecule has 2 heterocycles. The van der Waals surface area contributed by atoms with Crippen LogP contribution in [-0.4, -0.2) is 18.1 Å². The normalized spacial score (nSPS) is 18.1. The van der Waals surface area contributed by atoms with E-state index in [1.165, 1.54) is 0 Å². The third kappa shape index (κ3) is 1.76. The van der Waals surface area contributed by atoms with E-state index in [1.54, 1.807) is 0 Å². The van der Waals surface area contributed by atoms with Crippen LogP contribution < -0.4 is 5.32 Å². The number of nitrogens with one attached hydrogen (secondary N) is 1. The van der Waals surface area contributed by atoms with Crippen molar-refractivity contribution in [3.05, 3.63) is 28.6 Å². The highest BCUT2D eigenvalue weighted by Gasteiger charge is 2.21. The number of nitrogens with zero attached hydrogens (tertiary/aromatic N) is 1. The van der Waals surface area contributed by atoms with E-state index >= 15 is 0 Å². The Hall–Kier alpha value is -0.870. The molecule has 3 nitrogen and oxygen atoms in total. The van der Waals surface area contributed by atoms with E-state index in [1.807, 2.05) is 18.2 Å². The topological polar surface area (TPSA) is 38.1 Å². The molecule has 0 spiro atoms. The van der Waals surface area contributed by atoms with Crippen molar-refractivity contribution in [1.82, 2.24) is 10.3 Å². The predicted molar refractivity (Wildman–Crippen MR) is 66.6 cm³/mol. The minimum Gasteiger partial charge on any atom is -0.440 e. The summed E-state index contributed by atoms with van der Waals surface area (Å²) in [5.41, 5.74) is 1.82. The molecule has 1 N–H and O–H groups in total. The quantitative estimate of drug-likeness (QED) is 0.873. The third-order valence-electron chi connectivity index (χ3n) is 3.07. The number of oxazole rings is 1. The zero-order valence-corrected chi connectivity index (χ0v) is 10.5. The monoisotopic (exact) mass is 280 g/mol. The minimum atomic E-state index is 0.473. The maximum Gasteiger partial charge on any atom is 0.198 e. The van der Waals surface area contributed by atoms with Crippen LogP contribution in [0.1, 0.15) is 24.7 Å². The minimum absolute atomic E-state index is 0.473. The Balaban J connectivity index is 2.01. The van der Waals surface area contributed by atoms with E-state index < -0.39 is 0 Å². The summed E-state index contributed by atoms with van der Waals surface area (Å²) >= 11 is 3.50. The van der Waals surface area contributed by atoms with E-state index in [4.69, 9.17) is 4.42 Å². The SMILES string of the molecule is Brc1cccc2oc(C3CCNCC3)nc12. The van der Waals surface area contributed by atoms with Crippen molar-refractivity contribution in [1.29, 1.82) is 0 Å². The largest absolute Gasteiger partial charge is 0.440 e. The first-order valence-corrected chi connectivity index (χ1v) is 6.39. The maximum atomic E-state index is 5.82. The van der Waals surface area contributed by atoms with Gasteiger partial charge >= 0.3 is 0 Å². The van der Waals surface area contributed by atoms with Gasteiger partial charge in [-0.3, -0.25) is 0 Å². The number of rotatable bonds is 1. The lowest BCUT2D eigenvalue weighted by Crippen LogP contribution is -2.26. The molecule has 0 bridgehead atoms. The highest BCUT2D eigenvalue weighted by Crippen LogP contribution is 2.30. The second-order valence-electron chi connectivity index (χ2n) is 4.16. The highest BCUT2D eigenvalue weighted by molar-refractivity contribution is 9.10. The Morgan fingerprint density at radius 2 is 2.12 bits per heavy atom. The Bertz CT molecular complexity index is 503. The number of halogens is 1. The smallest absolute Gasteiger partial charge is 0.198 e. The van der Waals surface area contributed by atoms with Crippen molar-refractivity contribution >= 4 is 27.0 Å². The van der Waals surface area contributed by atoms with Gasteiger partial charge in [0.2, 0.25) is 0 Å². The Labute approximate surface area is 102 Å². The molecular formula is C12H13BrN2O. The second kappa shape index (κ2) is 4.18. The molecule has 0 radical (unpaired) electrons. The lowest BCUT2D eigenvalue weighted by atomic mass is 9.98. The first-order valence-electron chi connectivity index (χ1n) is 5.60. The van der Waals surface area contributed by atoms with Gasteiger partial charge in [-0.05, 0) is 54.0 Å². The summed E-state index contributed by atoms with van der Waals surface area (Å²) in [5, 5.41) is 3.35. The Morgan fingerprint density at radius 1 is 1.31 bits per heavy atom. The van der Waals surface area contributed by atoms with Crippen LogP contribution in [-0.2, 0) is 0 Å². The summed E-state index contributed by atoms with van der Waals surface area (Å²) in [5.74, 6) is 1.36. The molecule has 16 heavy (non-hydrogen) atoms. The molecule has 0 amide bonds. The molecule has 0 atom stereocenters. The lowest BCUT2D eigenvalue weighted by Gasteiger charge is -2.19. The van der Waals surface area contributed by atoms with Gasteiger partial charge in [0.15, 0.2) is 11.5 Å². The number of hydrogen-bond acceptors (Lipinski definition) is 3. The van der Waals surface area contributed by atoms with Gasteiger partial charge in [-0.25, -0.2) is 4.98 Å². The summed E-state index contributed by atoms with van der Waals surface area (Å²) in [6.45, 7) is 2.12. The molecule has 0 saturated carbocycles. The van der Waals surface area contributed by atoms with Crippen molar-refractivity contribution in [3.8, 4) is 0 Å². The molecule has 1 saturated heterocycles. The van der Waals surface area contributed by atoms with Crippen molar-refractivity contribution < 1.29 is 4.42 Å². The third-order valence-corrected chi connectivity index (χ3v) is 3.71. The van der Waals surface area contributed by atoms with E-state index in [-0.39, 0.29) is 0 Å². The fourth-order valence-corrected chi connectivity index (χ4v) is 2.61. The standard InChI is InChI=1S/C12H13BrN2O/c13-9-2-1-3-10-11(9)15-12(16-10)8-4-6-14-7-5-8/h1-3,8,14H,4-7H2. The van der Waals surface area contributed by atoms with E-state index in [0.29, 0.717) is 5.92 Å². The molecule has 0 unspecified atom stereocenters. The molecule has 0 aliphatic carbocycles. The number of aromatic nitrogens is 1. The van der Waals surface area contributed by atoms with Crippen LogP contribution in [0.4, 0.5) is 0 Å². The molecular weight excluding hydrogens is 268 g/mol. The number of benzene rings is 1. The number of para-hydroxylation sites is 1. The highest BCUT2D eigenvalue weighted by atomic mass is 79.9. The molecule has 2 aromatic rings. The zero-order chi connectivity index (χ0) is 11.0. The average molecular weight is 281 g/mol. The Morgan fingerprint density at radius 3 is 2.88 bits per heavy atom. The second-order valence-corrected chi connectivity index (χ2v) is 5.02. The van der Waals surface area contributed by atoms with Gasteiger partial charge in [0.05, 0.1) is 0 Å². The van der Waals surface area contributed by atoms with Crippen LogP contribution >= 0.6 is 15.9 Å². The molecule has 84 valence electrons. The summed E-state index contributed by atoms with van der Waals surface area (Å²) in [7, 11) is 0. The zero-order valence-electron chi connectivity index (χ0n) is 8.87. The van der Waals surface area contributed by atoms with Crippen molar-refractivity contribution in [2.24, 2.45) is 0 Å². The van der Waals surface area contributed by atoms with Gasteiger partial charge in [0.25, 0.3) is 0 Å². The van der Waals surface area contributed by atoms with Crippen molar-refractivity contribution in [2.75, 3.05) is 13.1 Å². The lowest BCUT2D eigenvalue weighted by molar-refractivity contribution is 0.385. The number of piperidine rings is 1. The van der Waals surface area contributed by atoms with Gasteiger partial charge in [0, 0.05) is 10.4 Å². The van der Waals surface area contributed by atoms with Gasteiger partial charge in [-0.2, -0.15) is 0 Å². The molecule has 1 aliphatic heterocycles. The van der Waals surface area contributed by atoms with E-state index in [0.717, 1.165) is 47.4 Å². The number of fused-ring (bicyclic) bond motifs is 1. The van der Waals surface area contributed by atoms with E-state index in [9.17, 15) is 0 Å². The molecule has 4 heteroatoms. The molecule has 1 aromatic carbocycles. The fraction of sp³-hybridized carbons (Fsp3) is 0.417. The Kier molecular flexibility index (Phi) is 2.69. The average Bonchev–Trinajstić information content (AvgIpc) is 2.76. The van der Waals surface area contributed by atoms with Crippen LogP contribution in [0.5, 0.6) is 0 Å². The summed E-state index contributed by atoms with van der Waals surface area (Å²) < 4.78 is 6.83. The van der Waals surface area contributed by atoms with E-state index in [2.05, 4.69) is 26.2 Å². The van der Waals surface area contributed by atoms with Gasteiger partial charge in [0.1, 0.15) is 5.52 Å². The molecule has 1 aromatic heterocycles. The summed E-state index contributed by atoms with van der Waals surface area (Å²) in [6, 6.07) is 5.94. The van der Waals surface area contributed by atoms with Crippen LogP contribution in [0.15, 0.2) is 27.1 Å². The van der Waals surface area contributed by atoms with Crippen LogP contribution in [0, 0.1) is 0 Å². The van der Waals surface area contributed by atoms with Crippen LogP contribution in [0.3, 0.4) is 0 Å². The predicted octanol–water partition coefficient (Wildman–Crippen LogP) is 3.06. The summed E-state index contributed by atoms with van der Waals surface area (Å²) in [6.07, 6.45) is 2.23. The molecule has 1 fully saturated rings. The maximum absolute atomic E-state index is 5.82. The van der Waals surface area contributed by atoms with Crippen molar-refractivity contribution in [3.63, 3.8) is 0 Å². The van der Waals surface area contributed by atoms with Crippen LogP contribution in [0.2, 0.25) is 0 Å².